The van der Waals surface area contributed by atoms with E-state index in [4.69, 9.17) is 12.2 Å². The third-order valence-corrected chi connectivity index (χ3v) is 5.51. The zero-order valence-electron chi connectivity index (χ0n) is 18.0. The molecule has 1 aromatic heterocycles. The Morgan fingerprint density at radius 1 is 1.06 bits per heavy atom. The Labute approximate surface area is 187 Å². The van der Waals surface area contributed by atoms with Crippen LogP contribution in [0.25, 0.3) is 0 Å². The summed E-state index contributed by atoms with van der Waals surface area (Å²) in [5.41, 5.74) is 3.39. The highest BCUT2D eigenvalue weighted by atomic mass is 32.1. The first-order valence-corrected chi connectivity index (χ1v) is 10.7. The van der Waals surface area contributed by atoms with Crippen molar-refractivity contribution in [2.75, 3.05) is 5.32 Å². The molecule has 0 saturated carbocycles. The van der Waals surface area contributed by atoms with Crippen LogP contribution in [0.2, 0.25) is 0 Å². The van der Waals surface area contributed by atoms with Gasteiger partial charge in [0, 0.05) is 17.8 Å². The van der Waals surface area contributed by atoms with Crippen LogP contribution >= 0.6 is 12.2 Å². The van der Waals surface area contributed by atoms with E-state index in [2.05, 4.69) is 15.7 Å². The largest absolute Gasteiger partial charge is 0.345 e. The Balaban J connectivity index is 1.72. The lowest BCUT2D eigenvalue weighted by Gasteiger charge is -2.09. The van der Waals surface area contributed by atoms with Crippen LogP contribution in [0.3, 0.4) is 0 Å². The van der Waals surface area contributed by atoms with Gasteiger partial charge in [-0.15, -0.1) is 0 Å². The highest BCUT2D eigenvalue weighted by Gasteiger charge is 2.15. The number of rotatable bonds is 8. The molecule has 0 bridgehead atoms. The van der Waals surface area contributed by atoms with E-state index in [-0.39, 0.29) is 24.9 Å². The molecule has 0 atom stereocenters. The summed E-state index contributed by atoms with van der Waals surface area (Å²) >= 11 is 5.51. The summed E-state index contributed by atoms with van der Waals surface area (Å²) in [6, 6.07) is 15.1. The molecule has 1 heterocycles. The lowest BCUT2D eigenvalue weighted by molar-refractivity contribution is -0.116. The minimum absolute atomic E-state index is 0.00260. The van der Waals surface area contributed by atoms with Gasteiger partial charge < -0.3 is 15.2 Å². The number of para-hydroxylation sites is 1. The number of amides is 2. The minimum Gasteiger partial charge on any atom is -0.345 e. The number of nitrogens with one attached hydrogen (secondary N) is 2. The highest BCUT2D eigenvalue weighted by molar-refractivity contribution is 7.71. The summed E-state index contributed by atoms with van der Waals surface area (Å²) in [7, 11) is 0. The lowest BCUT2D eigenvalue weighted by Crippen LogP contribution is -2.25. The van der Waals surface area contributed by atoms with E-state index < -0.39 is 0 Å². The van der Waals surface area contributed by atoms with Crippen molar-refractivity contribution in [3.05, 3.63) is 75.8 Å². The monoisotopic (exact) mass is 437 g/mol. The molecule has 0 unspecified atom stereocenters. The third-order valence-electron chi connectivity index (χ3n) is 5.08. The van der Waals surface area contributed by atoms with E-state index in [9.17, 15) is 9.59 Å². The van der Waals surface area contributed by atoms with Crippen LogP contribution in [-0.2, 0) is 30.8 Å². The van der Waals surface area contributed by atoms with E-state index in [1.807, 2.05) is 67.8 Å². The first kappa shape index (κ1) is 22.4. The number of carbonyl (C=O) groups is 2. The molecule has 0 aliphatic carbocycles. The van der Waals surface area contributed by atoms with E-state index in [0.717, 1.165) is 23.2 Å². The maximum Gasteiger partial charge on any atom is 0.251 e. The molecule has 0 fully saturated rings. The van der Waals surface area contributed by atoms with Crippen LogP contribution in [0.1, 0.15) is 41.2 Å². The number of aryl methyl sites for hydroxylation is 2. The quantitative estimate of drug-likeness (QED) is 0.524. The Morgan fingerprint density at radius 2 is 1.77 bits per heavy atom. The summed E-state index contributed by atoms with van der Waals surface area (Å²) in [5.74, 6) is 0.236. The average Bonchev–Trinajstić information content (AvgIpc) is 3.06. The summed E-state index contributed by atoms with van der Waals surface area (Å²) in [5, 5.41) is 10.3. The molecule has 162 valence electrons. The van der Waals surface area contributed by atoms with Crippen molar-refractivity contribution in [1.29, 1.82) is 0 Å². The van der Waals surface area contributed by atoms with Crippen LogP contribution in [0, 0.1) is 11.7 Å². The van der Waals surface area contributed by atoms with Gasteiger partial charge in [0.2, 0.25) is 5.91 Å². The fraction of sp³-hybridized carbons (Fsp3) is 0.304. The van der Waals surface area contributed by atoms with Crippen molar-refractivity contribution in [1.82, 2.24) is 19.7 Å². The van der Waals surface area contributed by atoms with Gasteiger partial charge in [-0.3, -0.25) is 9.59 Å². The molecule has 3 aromatic rings. The smallest absolute Gasteiger partial charge is 0.251 e. The molecule has 2 amide bonds. The fourth-order valence-corrected chi connectivity index (χ4v) is 3.74. The van der Waals surface area contributed by atoms with Crippen molar-refractivity contribution in [2.24, 2.45) is 0 Å². The Hall–Kier alpha value is -3.26. The van der Waals surface area contributed by atoms with Crippen molar-refractivity contribution in [2.45, 2.75) is 46.8 Å². The molecule has 8 heteroatoms. The molecule has 31 heavy (non-hydrogen) atoms. The van der Waals surface area contributed by atoms with Gasteiger partial charge in [-0.25, -0.2) is 4.68 Å². The number of hydrogen-bond acceptors (Lipinski definition) is 4. The highest BCUT2D eigenvalue weighted by Crippen LogP contribution is 2.15. The summed E-state index contributed by atoms with van der Waals surface area (Å²) in [6.45, 7) is 6.70. The lowest BCUT2D eigenvalue weighted by atomic mass is 10.1. The molecule has 0 aliphatic rings. The molecule has 2 N–H and O–H groups in total. The number of nitrogens with zero attached hydrogens (tertiary/aromatic N) is 3. The number of carbonyl (C=O) groups excluding carboxylic acids is 2. The van der Waals surface area contributed by atoms with Gasteiger partial charge in [0.25, 0.3) is 5.91 Å². The van der Waals surface area contributed by atoms with Gasteiger partial charge in [-0.05, 0) is 55.7 Å². The molecular formula is C23H27N5O2S. The molecule has 7 nitrogen and oxygen atoms in total. The van der Waals surface area contributed by atoms with Crippen LogP contribution < -0.4 is 10.6 Å². The minimum atomic E-state index is -0.201. The topological polar surface area (TPSA) is 81.0 Å². The van der Waals surface area contributed by atoms with Gasteiger partial charge >= 0.3 is 0 Å². The molecule has 2 aromatic carbocycles. The summed E-state index contributed by atoms with van der Waals surface area (Å²) in [4.78, 5) is 25.1. The second-order valence-electron chi connectivity index (χ2n) is 7.16. The van der Waals surface area contributed by atoms with Gasteiger partial charge in [-0.1, -0.05) is 43.3 Å². The van der Waals surface area contributed by atoms with E-state index in [1.54, 1.807) is 6.07 Å². The number of anilines is 1. The Morgan fingerprint density at radius 3 is 2.48 bits per heavy atom. The standard InChI is InChI=1S/C23H27N5O2S/c1-4-17-11-7-9-13-19(17)25-21(29)15-28-23(31)27(5-2)20(26-28)14-24-22(30)18-12-8-6-10-16(18)3/h6-13H,4-5,14-15H2,1-3H3,(H,24,30)(H,25,29). The number of aromatic nitrogens is 3. The molecule has 0 radical (unpaired) electrons. The van der Waals surface area contributed by atoms with Crippen molar-refractivity contribution in [3.63, 3.8) is 0 Å². The first-order valence-electron chi connectivity index (χ1n) is 10.3. The zero-order valence-corrected chi connectivity index (χ0v) is 18.8. The average molecular weight is 438 g/mol. The van der Waals surface area contributed by atoms with E-state index >= 15 is 0 Å². The molecule has 3 rings (SSSR count). The number of benzene rings is 2. The second-order valence-corrected chi connectivity index (χ2v) is 7.52. The van der Waals surface area contributed by atoms with Gasteiger partial charge in [0.1, 0.15) is 6.54 Å². The Bertz CT molecular complexity index is 1150. The van der Waals surface area contributed by atoms with Crippen LogP contribution in [0.4, 0.5) is 5.69 Å². The first-order chi connectivity index (χ1) is 14.9. The maximum atomic E-state index is 12.6. The Kier molecular flexibility index (Phi) is 7.36. The number of hydrogen-bond donors (Lipinski definition) is 2. The SMILES string of the molecule is CCc1ccccc1NC(=O)Cn1nc(CNC(=O)c2ccccc2C)n(CC)c1=S. The summed E-state index contributed by atoms with van der Waals surface area (Å²) < 4.78 is 3.76. The zero-order chi connectivity index (χ0) is 22.4. The second kappa shape index (κ2) is 10.2. The van der Waals surface area contributed by atoms with Crippen LogP contribution in [0.15, 0.2) is 48.5 Å². The summed E-state index contributed by atoms with van der Waals surface area (Å²) in [6.07, 6.45) is 0.824. The van der Waals surface area contributed by atoms with Crippen molar-refractivity contribution in [3.8, 4) is 0 Å². The molecule has 0 aliphatic heterocycles. The maximum absolute atomic E-state index is 12.6. The molecule has 0 saturated heterocycles. The van der Waals surface area contributed by atoms with Crippen molar-refractivity contribution >= 4 is 29.7 Å². The van der Waals surface area contributed by atoms with E-state index in [0.29, 0.717) is 22.7 Å². The normalized spacial score (nSPS) is 10.7. The van der Waals surface area contributed by atoms with Crippen LogP contribution in [-0.4, -0.2) is 26.2 Å². The molecular weight excluding hydrogens is 410 g/mol. The molecule has 0 spiro atoms. The predicted molar refractivity (Wildman–Crippen MR) is 124 cm³/mol. The van der Waals surface area contributed by atoms with Gasteiger partial charge in [-0.2, -0.15) is 5.10 Å². The van der Waals surface area contributed by atoms with Gasteiger partial charge in [0.05, 0.1) is 6.54 Å². The van der Waals surface area contributed by atoms with E-state index in [1.165, 1.54) is 4.68 Å². The van der Waals surface area contributed by atoms with Crippen molar-refractivity contribution < 1.29 is 9.59 Å². The van der Waals surface area contributed by atoms with Crippen LogP contribution in [0.5, 0.6) is 0 Å². The predicted octanol–water partition coefficient (Wildman–Crippen LogP) is 3.87. The third kappa shape index (κ3) is 5.27. The fourth-order valence-electron chi connectivity index (χ4n) is 3.40. The van der Waals surface area contributed by atoms with Gasteiger partial charge in [0.15, 0.2) is 10.6 Å².